The van der Waals surface area contributed by atoms with Crippen molar-refractivity contribution in [2.75, 3.05) is 52.7 Å². The lowest BCUT2D eigenvalue weighted by Gasteiger charge is -2.29. The number of rotatable bonds is 6. The van der Waals surface area contributed by atoms with E-state index in [1.165, 1.54) is 0 Å². The Morgan fingerprint density at radius 1 is 1.38 bits per heavy atom. The third-order valence-corrected chi connectivity index (χ3v) is 6.06. The monoisotopic (exact) mass is 363 g/mol. The zero-order valence-corrected chi connectivity index (χ0v) is 15.6. The lowest BCUT2D eigenvalue weighted by molar-refractivity contribution is -0.130. The number of likely N-dealkylation sites (tertiary alicyclic amines) is 1. The molecule has 4 heterocycles. The van der Waals surface area contributed by atoms with E-state index < -0.39 is 0 Å². The number of amides is 1. The maximum atomic E-state index is 12.7. The van der Waals surface area contributed by atoms with Crippen LogP contribution in [0.5, 0.6) is 0 Å². The van der Waals surface area contributed by atoms with Gasteiger partial charge in [-0.1, -0.05) is 0 Å². The van der Waals surface area contributed by atoms with E-state index in [0.717, 1.165) is 58.1 Å². The third-order valence-electron chi connectivity index (χ3n) is 6.06. The molecule has 0 unspecified atom stereocenters. The van der Waals surface area contributed by atoms with Crippen molar-refractivity contribution in [2.45, 2.75) is 19.3 Å². The van der Waals surface area contributed by atoms with E-state index in [4.69, 9.17) is 14.2 Å². The largest absolute Gasteiger partial charge is 0.381 e. The summed E-state index contributed by atoms with van der Waals surface area (Å²) in [5, 5.41) is 4.32. The van der Waals surface area contributed by atoms with Crippen molar-refractivity contribution in [3.63, 3.8) is 0 Å². The number of carbonyl (C=O) groups is 1. The Hall–Kier alpha value is -1.44. The van der Waals surface area contributed by atoms with Gasteiger partial charge in [0.05, 0.1) is 31.9 Å². The molecule has 1 aromatic rings. The van der Waals surface area contributed by atoms with Crippen LogP contribution in [0.3, 0.4) is 0 Å². The molecule has 0 bridgehead atoms. The molecular formula is C19H29N3O4. The molecule has 144 valence electrons. The van der Waals surface area contributed by atoms with Gasteiger partial charge in [-0.2, -0.15) is 5.10 Å². The second kappa shape index (κ2) is 7.66. The molecule has 0 aliphatic carbocycles. The highest BCUT2D eigenvalue weighted by Crippen LogP contribution is 2.41. The molecule has 4 rings (SSSR count). The highest BCUT2D eigenvalue weighted by molar-refractivity contribution is 5.78. The molecule has 0 aromatic carbocycles. The first-order chi connectivity index (χ1) is 12.6. The zero-order chi connectivity index (χ0) is 18.0. The summed E-state index contributed by atoms with van der Waals surface area (Å²) in [5.41, 5.74) is 0.793. The molecule has 3 saturated heterocycles. The Bertz CT molecular complexity index is 628. The van der Waals surface area contributed by atoms with Crippen molar-refractivity contribution in [2.24, 2.45) is 24.3 Å². The summed E-state index contributed by atoms with van der Waals surface area (Å²) in [5.74, 6) is 1.14. The number of ether oxygens (including phenoxy) is 3. The minimum Gasteiger partial charge on any atom is -0.381 e. The SMILES string of the molecule is Cn1ccc(CC(=O)N2C[C@@H]3COC[C@]3(COCC3CCOCC3)C2)n1. The minimum absolute atomic E-state index is 0.0368. The Kier molecular flexibility index (Phi) is 5.29. The normalized spacial score (nSPS) is 29.3. The number of hydrogen-bond acceptors (Lipinski definition) is 5. The number of fused-ring (bicyclic) bond motifs is 1. The highest BCUT2D eigenvalue weighted by Gasteiger charge is 2.52. The summed E-state index contributed by atoms with van der Waals surface area (Å²) >= 11 is 0. The van der Waals surface area contributed by atoms with Crippen LogP contribution in [0.4, 0.5) is 0 Å². The maximum Gasteiger partial charge on any atom is 0.228 e. The summed E-state index contributed by atoms with van der Waals surface area (Å²) < 4.78 is 19.0. The van der Waals surface area contributed by atoms with E-state index in [1.54, 1.807) is 4.68 Å². The van der Waals surface area contributed by atoms with E-state index in [-0.39, 0.29) is 11.3 Å². The quantitative estimate of drug-likeness (QED) is 0.751. The summed E-state index contributed by atoms with van der Waals surface area (Å²) in [6.07, 6.45) is 4.41. The van der Waals surface area contributed by atoms with Gasteiger partial charge in [-0.3, -0.25) is 9.48 Å². The van der Waals surface area contributed by atoms with Crippen molar-refractivity contribution in [3.8, 4) is 0 Å². The van der Waals surface area contributed by atoms with Crippen molar-refractivity contribution in [3.05, 3.63) is 18.0 Å². The molecular weight excluding hydrogens is 334 g/mol. The smallest absolute Gasteiger partial charge is 0.228 e. The molecule has 0 radical (unpaired) electrons. The van der Waals surface area contributed by atoms with Crippen LogP contribution in [0.2, 0.25) is 0 Å². The Balaban J connectivity index is 1.31. The lowest BCUT2D eigenvalue weighted by Crippen LogP contribution is -2.38. The number of aryl methyl sites for hydroxylation is 1. The van der Waals surface area contributed by atoms with Gasteiger partial charge in [0.1, 0.15) is 0 Å². The molecule has 0 saturated carbocycles. The Labute approximate surface area is 154 Å². The van der Waals surface area contributed by atoms with Crippen molar-refractivity contribution >= 4 is 5.91 Å². The molecule has 26 heavy (non-hydrogen) atoms. The molecule has 3 aliphatic heterocycles. The average molecular weight is 363 g/mol. The summed E-state index contributed by atoms with van der Waals surface area (Å²) in [7, 11) is 1.87. The van der Waals surface area contributed by atoms with Crippen LogP contribution in [-0.4, -0.2) is 73.3 Å². The summed E-state index contributed by atoms with van der Waals surface area (Å²) in [4.78, 5) is 14.7. The van der Waals surface area contributed by atoms with Gasteiger partial charge in [0.2, 0.25) is 5.91 Å². The van der Waals surface area contributed by atoms with Gasteiger partial charge >= 0.3 is 0 Å². The fourth-order valence-corrected chi connectivity index (χ4v) is 4.39. The third kappa shape index (κ3) is 3.80. The topological polar surface area (TPSA) is 65.8 Å². The fraction of sp³-hybridized carbons (Fsp3) is 0.789. The molecule has 7 heteroatoms. The van der Waals surface area contributed by atoms with Crippen LogP contribution in [0.25, 0.3) is 0 Å². The Morgan fingerprint density at radius 3 is 3.00 bits per heavy atom. The van der Waals surface area contributed by atoms with Crippen LogP contribution in [0, 0.1) is 17.3 Å². The first-order valence-corrected chi connectivity index (χ1v) is 9.64. The fourth-order valence-electron chi connectivity index (χ4n) is 4.39. The number of carbonyl (C=O) groups excluding carboxylic acids is 1. The summed E-state index contributed by atoms with van der Waals surface area (Å²) in [6, 6.07) is 1.91. The molecule has 0 N–H and O–H groups in total. The standard InChI is InChI=1S/C19H29N3O4/c1-21-5-2-17(20-21)8-18(23)22-9-16-11-26-14-19(16,12-22)13-25-10-15-3-6-24-7-4-15/h2,5,15-16H,3-4,6-14H2,1H3/t16-,19-/m1/s1. The predicted molar refractivity (Wildman–Crippen MR) is 94.6 cm³/mol. The molecule has 3 fully saturated rings. The van der Waals surface area contributed by atoms with Crippen molar-refractivity contribution in [1.82, 2.24) is 14.7 Å². The van der Waals surface area contributed by atoms with Gasteiger partial charge in [-0.15, -0.1) is 0 Å². The molecule has 0 spiro atoms. The average Bonchev–Trinajstić information content (AvgIpc) is 3.30. The number of hydrogen-bond donors (Lipinski definition) is 0. The van der Waals surface area contributed by atoms with E-state index in [2.05, 4.69) is 5.10 Å². The van der Waals surface area contributed by atoms with Gasteiger partial charge in [0.25, 0.3) is 0 Å². The van der Waals surface area contributed by atoms with Crippen LogP contribution >= 0.6 is 0 Å². The van der Waals surface area contributed by atoms with Crippen LogP contribution in [0.1, 0.15) is 18.5 Å². The minimum atomic E-state index is -0.0368. The number of nitrogens with zero attached hydrogens (tertiary/aromatic N) is 3. The van der Waals surface area contributed by atoms with Gasteiger partial charge in [0.15, 0.2) is 0 Å². The van der Waals surface area contributed by atoms with E-state index in [1.807, 2.05) is 24.2 Å². The molecule has 7 nitrogen and oxygen atoms in total. The first-order valence-electron chi connectivity index (χ1n) is 9.64. The van der Waals surface area contributed by atoms with E-state index in [9.17, 15) is 4.79 Å². The Morgan fingerprint density at radius 2 is 2.23 bits per heavy atom. The summed E-state index contributed by atoms with van der Waals surface area (Å²) in [6.45, 7) is 6.10. The highest BCUT2D eigenvalue weighted by atomic mass is 16.5. The van der Waals surface area contributed by atoms with Crippen LogP contribution in [0.15, 0.2) is 12.3 Å². The van der Waals surface area contributed by atoms with E-state index in [0.29, 0.717) is 31.5 Å². The predicted octanol–water partition coefficient (Wildman–Crippen LogP) is 0.881. The van der Waals surface area contributed by atoms with Crippen molar-refractivity contribution < 1.29 is 19.0 Å². The van der Waals surface area contributed by atoms with Gasteiger partial charge in [-0.25, -0.2) is 0 Å². The second-order valence-corrected chi connectivity index (χ2v) is 8.08. The first kappa shape index (κ1) is 17.9. The van der Waals surface area contributed by atoms with Gasteiger partial charge < -0.3 is 19.1 Å². The number of aromatic nitrogens is 2. The maximum absolute atomic E-state index is 12.7. The van der Waals surface area contributed by atoms with Gasteiger partial charge in [-0.05, 0) is 24.8 Å². The zero-order valence-electron chi connectivity index (χ0n) is 15.6. The second-order valence-electron chi connectivity index (χ2n) is 8.08. The van der Waals surface area contributed by atoms with Crippen LogP contribution in [-0.2, 0) is 32.5 Å². The molecule has 2 atom stereocenters. The van der Waals surface area contributed by atoms with Crippen LogP contribution < -0.4 is 0 Å². The molecule has 1 amide bonds. The lowest BCUT2D eigenvalue weighted by atomic mass is 9.82. The van der Waals surface area contributed by atoms with E-state index >= 15 is 0 Å². The molecule has 1 aromatic heterocycles. The van der Waals surface area contributed by atoms with Gasteiger partial charge in [0, 0.05) is 57.5 Å². The molecule has 3 aliphatic rings. The van der Waals surface area contributed by atoms with Crippen molar-refractivity contribution in [1.29, 1.82) is 0 Å².